The van der Waals surface area contributed by atoms with Crippen molar-refractivity contribution in [1.82, 2.24) is 10.2 Å². The van der Waals surface area contributed by atoms with Crippen molar-refractivity contribution in [2.75, 3.05) is 17.1 Å². The summed E-state index contributed by atoms with van der Waals surface area (Å²) >= 11 is 9.49. The fraction of sp³-hybridized carbons (Fsp3) is 0.440. The Kier molecular flexibility index (Phi) is 11.0. The van der Waals surface area contributed by atoms with Crippen LogP contribution in [0.25, 0.3) is 0 Å². The maximum Gasteiger partial charge on any atom is 0.242 e. The van der Waals surface area contributed by atoms with E-state index in [1.165, 1.54) is 4.31 Å². The van der Waals surface area contributed by atoms with Gasteiger partial charge in [0.25, 0.3) is 0 Å². The van der Waals surface area contributed by atoms with Crippen LogP contribution in [0.2, 0.25) is 5.02 Å². The summed E-state index contributed by atoms with van der Waals surface area (Å²) in [5, 5.41) is 3.37. The van der Waals surface area contributed by atoms with Crippen molar-refractivity contribution < 1.29 is 18.0 Å². The van der Waals surface area contributed by atoms with Crippen LogP contribution in [-0.4, -0.2) is 50.0 Å². The van der Waals surface area contributed by atoms with Crippen molar-refractivity contribution in [1.29, 1.82) is 0 Å². The summed E-state index contributed by atoms with van der Waals surface area (Å²) in [6.07, 6.45) is 2.27. The van der Waals surface area contributed by atoms with Gasteiger partial charge in [-0.15, -0.1) is 0 Å². The minimum absolute atomic E-state index is 0.00575. The molecule has 0 saturated heterocycles. The number of benzene rings is 2. The number of rotatable bonds is 12. The standard InChI is InChI=1S/C25H33BrClN3O4S/c1-5-18(2)28-25(32)19(3)29(17-20-9-6-10-21(26)15-20)24(31)13-8-14-30(35(4,33)34)23-12-7-11-22(27)16-23/h6-7,9-12,15-16,18-19H,5,8,13-14,17H2,1-4H3,(H,28,32)/t18-,19+/m0/s1. The molecule has 0 aromatic heterocycles. The third-order valence-electron chi connectivity index (χ3n) is 5.66. The van der Waals surface area contributed by atoms with Gasteiger partial charge >= 0.3 is 0 Å². The van der Waals surface area contributed by atoms with E-state index >= 15 is 0 Å². The van der Waals surface area contributed by atoms with Gasteiger partial charge in [-0.05, 0) is 62.6 Å². The van der Waals surface area contributed by atoms with Gasteiger partial charge in [0.1, 0.15) is 6.04 Å². The van der Waals surface area contributed by atoms with E-state index in [0.29, 0.717) is 10.7 Å². The summed E-state index contributed by atoms with van der Waals surface area (Å²) in [5.74, 6) is -0.448. The van der Waals surface area contributed by atoms with Gasteiger partial charge in [0.2, 0.25) is 21.8 Å². The molecule has 1 N–H and O–H groups in total. The molecule has 35 heavy (non-hydrogen) atoms. The average Bonchev–Trinajstić information content (AvgIpc) is 2.78. The number of nitrogens with one attached hydrogen (secondary N) is 1. The lowest BCUT2D eigenvalue weighted by atomic mass is 10.1. The minimum atomic E-state index is -3.57. The molecule has 0 fully saturated rings. The zero-order chi connectivity index (χ0) is 26.2. The number of anilines is 1. The molecule has 2 rings (SSSR count). The van der Waals surface area contributed by atoms with Crippen molar-refractivity contribution >= 4 is 55.1 Å². The Labute approximate surface area is 222 Å². The molecule has 0 aliphatic carbocycles. The van der Waals surface area contributed by atoms with Crippen LogP contribution in [0.4, 0.5) is 5.69 Å². The molecule has 0 saturated carbocycles. The van der Waals surface area contributed by atoms with Crippen molar-refractivity contribution in [3.63, 3.8) is 0 Å². The van der Waals surface area contributed by atoms with Gasteiger partial charge in [-0.25, -0.2) is 8.42 Å². The number of carbonyl (C=O) groups is 2. The third-order valence-corrected chi connectivity index (χ3v) is 7.58. The van der Waals surface area contributed by atoms with E-state index in [9.17, 15) is 18.0 Å². The molecule has 2 atom stereocenters. The molecule has 0 spiro atoms. The first-order chi connectivity index (χ1) is 16.4. The molecule has 192 valence electrons. The van der Waals surface area contributed by atoms with Crippen LogP contribution in [0.15, 0.2) is 53.0 Å². The predicted octanol–water partition coefficient (Wildman–Crippen LogP) is 4.98. The van der Waals surface area contributed by atoms with Gasteiger partial charge in [0.15, 0.2) is 0 Å². The molecule has 2 amide bonds. The Morgan fingerprint density at radius 1 is 1.11 bits per heavy atom. The lowest BCUT2D eigenvalue weighted by Gasteiger charge is -2.30. The highest BCUT2D eigenvalue weighted by molar-refractivity contribution is 9.10. The van der Waals surface area contributed by atoms with Crippen LogP contribution < -0.4 is 9.62 Å². The quantitative estimate of drug-likeness (QED) is 0.380. The molecule has 0 heterocycles. The molecule has 2 aromatic carbocycles. The van der Waals surface area contributed by atoms with E-state index in [2.05, 4.69) is 21.2 Å². The Morgan fingerprint density at radius 3 is 2.40 bits per heavy atom. The Balaban J connectivity index is 2.17. The fourth-order valence-electron chi connectivity index (χ4n) is 3.52. The number of hydrogen-bond donors (Lipinski definition) is 1. The van der Waals surface area contributed by atoms with Crippen molar-refractivity contribution in [2.24, 2.45) is 0 Å². The second-order valence-corrected chi connectivity index (χ2v) is 11.8. The lowest BCUT2D eigenvalue weighted by Crippen LogP contribution is -2.49. The number of nitrogens with zero attached hydrogens (tertiary/aromatic N) is 2. The molecule has 7 nitrogen and oxygen atoms in total. The van der Waals surface area contributed by atoms with E-state index in [-0.39, 0.29) is 43.8 Å². The molecule has 10 heteroatoms. The number of carbonyl (C=O) groups excluding carboxylic acids is 2. The number of hydrogen-bond acceptors (Lipinski definition) is 4. The minimum Gasteiger partial charge on any atom is -0.352 e. The van der Waals surface area contributed by atoms with E-state index in [1.54, 1.807) is 36.1 Å². The van der Waals surface area contributed by atoms with E-state index in [0.717, 1.165) is 22.7 Å². The van der Waals surface area contributed by atoms with Gasteiger partial charge in [-0.1, -0.05) is 52.7 Å². The largest absolute Gasteiger partial charge is 0.352 e. The van der Waals surface area contributed by atoms with E-state index in [1.807, 2.05) is 38.1 Å². The van der Waals surface area contributed by atoms with Crippen LogP contribution in [0, 0.1) is 0 Å². The van der Waals surface area contributed by atoms with Crippen molar-refractivity contribution in [3.8, 4) is 0 Å². The second-order valence-electron chi connectivity index (χ2n) is 8.56. The molecular weight excluding hydrogens is 554 g/mol. The third kappa shape index (κ3) is 9.13. The predicted molar refractivity (Wildman–Crippen MR) is 145 cm³/mol. The molecule has 0 bridgehead atoms. The van der Waals surface area contributed by atoms with Crippen molar-refractivity contribution in [3.05, 3.63) is 63.6 Å². The average molecular weight is 587 g/mol. The summed E-state index contributed by atoms with van der Waals surface area (Å²) in [7, 11) is -3.57. The smallest absolute Gasteiger partial charge is 0.242 e. The zero-order valence-corrected chi connectivity index (χ0v) is 23.7. The second kappa shape index (κ2) is 13.3. The maximum absolute atomic E-state index is 13.3. The number of halogens is 2. The first-order valence-corrected chi connectivity index (χ1v) is 14.5. The van der Waals surface area contributed by atoms with E-state index in [4.69, 9.17) is 11.6 Å². The highest BCUT2D eigenvalue weighted by atomic mass is 79.9. The van der Waals surface area contributed by atoms with Crippen molar-refractivity contribution in [2.45, 2.75) is 58.7 Å². The zero-order valence-electron chi connectivity index (χ0n) is 20.5. The summed E-state index contributed by atoms with van der Waals surface area (Å²) < 4.78 is 26.9. The first-order valence-electron chi connectivity index (χ1n) is 11.5. The summed E-state index contributed by atoms with van der Waals surface area (Å²) in [5.41, 5.74) is 1.33. The molecule has 0 aliphatic heterocycles. The number of amides is 2. The highest BCUT2D eigenvalue weighted by Gasteiger charge is 2.27. The number of sulfonamides is 1. The molecule has 0 radical (unpaired) electrons. The van der Waals surface area contributed by atoms with Crippen LogP contribution in [-0.2, 0) is 26.2 Å². The van der Waals surface area contributed by atoms with Gasteiger partial charge in [0, 0.05) is 35.0 Å². The van der Waals surface area contributed by atoms with Crippen LogP contribution >= 0.6 is 27.5 Å². The molecule has 2 aromatic rings. The summed E-state index contributed by atoms with van der Waals surface area (Å²) in [6, 6.07) is 13.5. The summed E-state index contributed by atoms with van der Waals surface area (Å²) in [6.45, 7) is 5.98. The lowest BCUT2D eigenvalue weighted by molar-refractivity contribution is -0.140. The highest BCUT2D eigenvalue weighted by Crippen LogP contribution is 2.23. The topological polar surface area (TPSA) is 86.8 Å². The van der Waals surface area contributed by atoms with Gasteiger partial charge in [-0.3, -0.25) is 13.9 Å². The van der Waals surface area contributed by atoms with Crippen LogP contribution in [0.1, 0.15) is 45.6 Å². The Bertz CT molecular complexity index is 1130. The first kappa shape index (κ1) is 29.1. The summed E-state index contributed by atoms with van der Waals surface area (Å²) in [4.78, 5) is 27.7. The fourth-order valence-corrected chi connectivity index (χ4v) is 5.10. The van der Waals surface area contributed by atoms with Crippen LogP contribution in [0.3, 0.4) is 0 Å². The molecular formula is C25H33BrClN3O4S. The Morgan fingerprint density at radius 2 is 1.80 bits per heavy atom. The van der Waals surface area contributed by atoms with Crippen LogP contribution in [0.5, 0.6) is 0 Å². The SMILES string of the molecule is CC[C@H](C)NC(=O)[C@@H](C)N(Cc1cccc(Br)c1)C(=O)CCCN(c1cccc(Cl)c1)S(C)(=O)=O. The van der Waals surface area contributed by atoms with Gasteiger partial charge in [0.05, 0.1) is 11.9 Å². The van der Waals surface area contributed by atoms with E-state index < -0.39 is 16.1 Å². The van der Waals surface area contributed by atoms with Gasteiger partial charge < -0.3 is 10.2 Å². The molecule has 0 unspecified atom stereocenters. The normalized spacial score (nSPS) is 13.1. The monoisotopic (exact) mass is 585 g/mol. The molecule has 0 aliphatic rings. The van der Waals surface area contributed by atoms with Gasteiger partial charge in [-0.2, -0.15) is 0 Å². The Hall–Kier alpha value is -2.10. The maximum atomic E-state index is 13.3.